The van der Waals surface area contributed by atoms with Crippen molar-refractivity contribution in [3.63, 3.8) is 0 Å². The molecule has 0 fully saturated rings. The van der Waals surface area contributed by atoms with Gasteiger partial charge in [0.2, 0.25) is 6.10 Å². The van der Waals surface area contributed by atoms with Gasteiger partial charge < -0.3 is 14.6 Å². The number of carbonyl (C=O) groups excluding carboxylic acids is 1. The minimum Gasteiger partial charge on any atom is -0.481 e. The summed E-state index contributed by atoms with van der Waals surface area (Å²) in [6, 6.07) is 4.14. The molecule has 1 heterocycles. The lowest BCUT2D eigenvalue weighted by Crippen LogP contribution is -2.41. The van der Waals surface area contributed by atoms with Gasteiger partial charge in [-0.25, -0.2) is 4.79 Å². The van der Waals surface area contributed by atoms with Gasteiger partial charge in [0.1, 0.15) is 5.75 Å². The highest BCUT2D eigenvalue weighted by molar-refractivity contribution is 5.96. The van der Waals surface area contributed by atoms with Crippen molar-refractivity contribution >= 4 is 18.0 Å². The van der Waals surface area contributed by atoms with E-state index < -0.39 is 35.2 Å². The Hall–Kier alpha value is -2.51. The molecule has 1 unspecified atom stereocenters. The Balaban J connectivity index is 2.53. The molecule has 25 heavy (non-hydrogen) atoms. The number of ether oxygens (including phenoxy) is 2. The zero-order valence-corrected chi connectivity index (χ0v) is 13.8. The SMILES string of the molecule is CCOC(=O)C1=Cc2ccc(C(C)(C)C(=O)O)cc2OC1C(F)(F)F. The van der Waals surface area contributed by atoms with Crippen molar-refractivity contribution in [3.05, 3.63) is 34.9 Å². The molecule has 0 spiro atoms. The molecule has 1 N–H and O–H groups in total. The number of halogens is 3. The Bertz CT molecular complexity index is 734. The van der Waals surface area contributed by atoms with Gasteiger partial charge >= 0.3 is 18.1 Å². The van der Waals surface area contributed by atoms with E-state index in [1.165, 1.54) is 39.0 Å². The molecule has 0 aromatic heterocycles. The smallest absolute Gasteiger partial charge is 0.430 e. The van der Waals surface area contributed by atoms with Crippen molar-refractivity contribution < 1.29 is 37.3 Å². The van der Waals surface area contributed by atoms with Crippen molar-refractivity contribution in [2.75, 3.05) is 6.61 Å². The molecule has 0 bridgehead atoms. The first kappa shape index (κ1) is 18.8. The van der Waals surface area contributed by atoms with Gasteiger partial charge in [-0.3, -0.25) is 4.79 Å². The molecular weight excluding hydrogens is 341 g/mol. The maximum Gasteiger partial charge on any atom is 0.430 e. The molecule has 0 amide bonds. The Morgan fingerprint density at radius 3 is 2.44 bits per heavy atom. The molecule has 0 radical (unpaired) electrons. The number of rotatable bonds is 4. The van der Waals surface area contributed by atoms with Gasteiger partial charge in [0.15, 0.2) is 0 Å². The van der Waals surface area contributed by atoms with Crippen LogP contribution in [0.25, 0.3) is 6.08 Å². The van der Waals surface area contributed by atoms with Crippen molar-refractivity contribution in [3.8, 4) is 5.75 Å². The van der Waals surface area contributed by atoms with Crippen LogP contribution in [0.3, 0.4) is 0 Å². The van der Waals surface area contributed by atoms with Crippen LogP contribution in [0.4, 0.5) is 13.2 Å². The predicted molar refractivity (Wildman–Crippen MR) is 82.2 cm³/mol. The molecule has 1 aromatic rings. The lowest BCUT2D eigenvalue weighted by atomic mass is 9.84. The fourth-order valence-corrected chi connectivity index (χ4v) is 2.33. The van der Waals surface area contributed by atoms with Gasteiger partial charge in [-0.2, -0.15) is 13.2 Å². The molecule has 0 saturated heterocycles. The standard InChI is InChI=1S/C17H17F3O5/c1-4-24-14(21)11-7-9-5-6-10(16(2,3)15(22)23)8-12(9)25-13(11)17(18,19)20/h5-8,13H,4H2,1-3H3,(H,22,23). The number of benzene rings is 1. The average molecular weight is 358 g/mol. The van der Waals surface area contributed by atoms with Crippen LogP contribution >= 0.6 is 0 Å². The second-order valence-electron chi connectivity index (χ2n) is 6.04. The first-order valence-corrected chi connectivity index (χ1v) is 7.48. The summed E-state index contributed by atoms with van der Waals surface area (Å²) in [4.78, 5) is 23.2. The van der Waals surface area contributed by atoms with Crippen LogP contribution in [0.15, 0.2) is 23.8 Å². The minimum absolute atomic E-state index is 0.0701. The van der Waals surface area contributed by atoms with Crippen molar-refractivity contribution in [2.24, 2.45) is 0 Å². The van der Waals surface area contributed by atoms with Crippen molar-refractivity contribution in [1.82, 2.24) is 0 Å². The van der Waals surface area contributed by atoms with Gasteiger partial charge in [0, 0.05) is 5.56 Å². The Morgan fingerprint density at radius 1 is 1.28 bits per heavy atom. The number of aliphatic carboxylic acids is 1. The van der Waals surface area contributed by atoms with Crippen LogP contribution in [0.5, 0.6) is 5.75 Å². The summed E-state index contributed by atoms with van der Waals surface area (Å²) in [7, 11) is 0. The van der Waals surface area contributed by atoms with E-state index in [0.29, 0.717) is 0 Å². The number of fused-ring (bicyclic) bond motifs is 1. The van der Waals surface area contributed by atoms with Gasteiger partial charge in [-0.1, -0.05) is 12.1 Å². The molecule has 1 aromatic carbocycles. The number of hydrogen-bond donors (Lipinski definition) is 1. The summed E-state index contributed by atoms with van der Waals surface area (Å²) in [5.74, 6) is -2.37. The molecule has 0 aliphatic carbocycles. The number of hydrogen-bond acceptors (Lipinski definition) is 4. The van der Waals surface area contributed by atoms with E-state index in [2.05, 4.69) is 4.74 Å². The average Bonchev–Trinajstić information content (AvgIpc) is 2.52. The van der Waals surface area contributed by atoms with Crippen LogP contribution in [0, 0.1) is 0 Å². The van der Waals surface area contributed by atoms with E-state index in [9.17, 15) is 27.9 Å². The lowest BCUT2D eigenvalue weighted by Gasteiger charge is -2.29. The summed E-state index contributed by atoms with van der Waals surface area (Å²) in [5, 5.41) is 9.26. The molecular formula is C17H17F3O5. The molecule has 5 nitrogen and oxygen atoms in total. The summed E-state index contributed by atoms with van der Waals surface area (Å²) in [5.41, 5.74) is -1.43. The topological polar surface area (TPSA) is 72.8 Å². The molecule has 8 heteroatoms. The number of alkyl halides is 3. The lowest BCUT2D eigenvalue weighted by molar-refractivity contribution is -0.187. The van der Waals surface area contributed by atoms with Crippen molar-refractivity contribution in [2.45, 2.75) is 38.5 Å². The van der Waals surface area contributed by atoms with E-state index in [4.69, 9.17) is 4.74 Å². The molecule has 1 aliphatic rings. The van der Waals surface area contributed by atoms with Gasteiger partial charge in [0.05, 0.1) is 17.6 Å². The van der Waals surface area contributed by atoms with E-state index in [0.717, 1.165) is 6.08 Å². The van der Waals surface area contributed by atoms with Crippen LogP contribution in [-0.2, 0) is 19.7 Å². The van der Waals surface area contributed by atoms with Crippen LogP contribution in [0.2, 0.25) is 0 Å². The Kier molecular flexibility index (Phi) is 4.83. The highest BCUT2D eigenvalue weighted by atomic mass is 19.4. The highest BCUT2D eigenvalue weighted by Gasteiger charge is 2.49. The number of esters is 1. The van der Waals surface area contributed by atoms with E-state index in [1.54, 1.807) is 0 Å². The zero-order valence-electron chi connectivity index (χ0n) is 13.8. The van der Waals surface area contributed by atoms with Crippen LogP contribution < -0.4 is 4.74 Å². The normalized spacial score (nSPS) is 17.2. The van der Waals surface area contributed by atoms with Crippen molar-refractivity contribution in [1.29, 1.82) is 0 Å². The quantitative estimate of drug-likeness (QED) is 0.836. The zero-order chi connectivity index (χ0) is 19.0. The third-order valence-electron chi connectivity index (χ3n) is 3.92. The third-order valence-corrected chi connectivity index (χ3v) is 3.92. The summed E-state index contributed by atoms with van der Waals surface area (Å²) in [6.07, 6.45) is -6.23. The number of carboxylic acids is 1. The Morgan fingerprint density at radius 2 is 1.92 bits per heavy atom. The van der Waals surface area contributed by atoms with Crippen LogP contribution in [-0.4, -0.2) is 35.9 Å². The Labute approximate surface area is 142 Å². The van der Waals surface area contributed by atoms with E-state index in [1.807, 2.05) is 0 Å². The number of carbonyl (C=O) groups is 2. The van der Waals surface area contributed by atoms with Gasteiger partial charge in [-0.15, -0.1) is 0 Å². The summed E-state index contributed by atoms with van der Waals surface area (Å²) >= 11 is 0. The maximum absolute atomic E-state index is 13.3. The molecule has 136 valence electrons. The predicted octanol–water partition coefficient (Wildman–Crippen LogP) is 3.32. The third kappa shape index (κ3) is 3.62. The second-order valence-corrected chi connectivity index (χ2v) is 6.04. The minimum atomic E-state index is -4.82. The van der Waals surface area contributed by atoms with Gasteiger partial charge in [-0.05, 0) is 38.5 Å². The summed E-state index contributed by atoms with van der Waals surface area (Å²) in [6.45, 7) is 4.28. The molecule has 2 rings (SSSR count). The molecule has 0 saturated carbocycles. The fraction of sp³-hybridized carbons (Fsp3) is 0.412. The maximum atomic E-state index is 13.3. The molecule has 1 atom stereocenters. The summed E-state index contributed by atoms with van der Waals surface area (Å²) < 4.78 is 49.5. The highest BCUT2D eigenvalue weighted by Crippen LogP contribution is 2.39. The van der Waals surface area contributed by atoms with E-state index in [-0.39, 0.29) is 23.5 Å². The van der Waals surface area contributed by atoms with Crippen LogP contribution in [0.1, 0.15) is 31.9 Å². The van der Waals surface area contributed by atoms with Gasteiger partial charge in [0.25, 0.3) is 0 Å². The number of carboxylic acid groups (broad SMARTS) is 1. The fourth-order valence-electron chi connectivity index (χ4n) is 2.33. The van der Waals surface area contributed by atoms with E-state index >= 15 is 0 Å². The largest absolute Gasteiger partial charge is 0.481 e. The second kappa shape index (κ2) is 6.42. The monoisotopic (exact) mass is 358 g/mol. The first-order valence-electron chi connectivity index (χ1n) is 7.48. The molecule has 1 aliphatic heterocycles. The first-order chi connectivity index (χ1) is 11.5.